The second kappa shape index (κ2) is 7.00. The number of hydrogen-bond donors (Lipinski definition) is 1. The number of pyridine rings is 2. The van der Waals surface area contributed by atoms with E-state index in [2.05, 4.69) is 15.3 Å². The summed E-state index contributed by atoms with van der Waals surface area (Å²) in [6.07, 6.45) is 5.07. The Morgan fingerprint density at radius 2 is 2.14 bits per heavy atom. The van der Waals surface area contributed by atoms with Gasteiger partial charge in [-0.05, 0) is 18.2 Å². The summed E-state index contributed by atoms with van der Waals surface area (Å²) in [5.41, 5.74) is 2.34. The molecular weight excluding hydrogens is 280 g/mol. The average Bonchev–Trinajstić information content (AvgIpc) is 2.61. The zero-order chi connectivity index (χ0) is 15.2. The van der Waals surface area contributed by atoms with Crippen LogP contribution in [-0.4, -0.2) is 47.1 Å². The van der Waals surface area contributed by atoms with Crippen molar-refractivity contribution in [2.24, 2.45) is 0 Å². The van der Waals surface area contributed by atoms with Gasteiger partial charge in [-0.15, -0.1) is 0 Å². The van der Waals surface area contributed by atoms with Gasteiger partial charge in [0.05, 0.1) is 36.7 Å². The molecule has 3 heterocycles. The van der Waals surface area contributed by atoms with E-state index in [4.69, 9.17) is 4.74 Å². The summed E-state index contributed by atoms with van der Waals surface area (Å²) < 4.78 is 5.27. The molecule has 1 aliphatic rings. The third-order valence-electron chi connectivity index (χ3n) is 3.48. The smallest absolute Gasteiger partial charge is 0.255 e. The molecule has 0 aliphatic carbocycles. The van der Waals surface area contributed by atoms with Gasteiger partial charge in [0, 0.05) is 31.7 Å². The van der Waals surface area contributed by atoms with Crippen LogP contribution >= 0.6 is 0 Å². The lowest BCUT2D eigenvalue weighted by atomic mass is 10.2. The second-order valence-corrected chi connectivity index (χ2v) is 5.04. The maximum atomic E-state index is 12.4. The van der Waals surface area contributed by atoms with Crippen LogP contribution in [0.5, 0.6) is 0 Å². The minimum atomic E-state index is -0.00251. The highest BCUT2D eigenvalue weighted by Crippen LogP contribution is 2.13. The van der Waals surface area contributed by atoms with Gasteiger partial charge in [0.2, 0.25) is 0 Å². The lowest BCUT2D eigenvalue weighted by molar-refractivity contribution is 0.0302. The topological polar surface area (TPSA) is 67.4 Å². The van der Waals surface area contributed by atoms with E-state index >= 15 is 0 Å². The van der Waals surface area contributed by atoms with Gasteiger partial charge in [-0.2, -0.15) is 0 Å². The van der Waals surface area contributed by atoms with Gasteiger partial charge in [0.25, 0.3) is 5.91 Å². The van der Waals surface area contributed by atoms with Gasteiger partial charge in [-0.3, -0.25) is 14.8 Å². The van der Waals surface area contributed by atoms with Crippen molar-refractivity contribution in [3.05, 3.63) is 54.1 Å². The molecule has 1 amide bonds. The van der Waals surface area contributed by atoms with Crippen LogP contribution < -0.4 is 5.32 Å². The normalized spacial score (nSPS) is 14.6. The van der Waals surface area contributed by atoms with E-state index < -0.39 is 0 Å². The van der Waals surface area contributed by atoms with E-state index in [1.165, 1.54) is 0 Å². The lowest BCUT2D eigenvalue weighted by Gasteiger charge is -2.26. The number of hydrogen-bond acceptors (Lipinski definition) is 5. The molecule has 1 N–H and O–H groups in total. The number of anilines is 1. The number of nitrogens with one attached hydrogen (secondary N) is 1. The Hall–Kier alpha value is -2.47. The molecule has 0 saturated carbocycles. The second-order valence-electron chi connectivity index (χ2n) is 5.04. The molecule has 0 radical (unpaired) electrons. The van der Waals surface area contributed by atoms with Crippen molar-refractivity contribution in [1.29, 1.82) is 0 Å². The largest absolute Gasteiger partial charge is 0.378 e. The first kappa shape index (κ1) is 14.5. The summed E-state index contributed by atoms with van der Waals surface area (Å²) in [5, 5.41) is 3.24. The Balaban J connectivity index is 1.65. The van der Waals surface area contributed by atoms with Crippen molar-refractivity contribution >= 4 is 11.6 Å². The van der Waals surface area contributed by atoms with Crippen LogP contribution in [0.1, 0.15) is 16.1 Å². The van der Waals surface area contributed by atoms with Crippen molar-refractivity contribution in [3.63, 3.8) is 0 Å². The quantitative estimate of drug-likeness (QED) is 0.928. The molecule has 114 valence electrons. The predicted octanol–water partition coefficient (Wildman–Crippen LogP) is 1.56. The Bertz CT molecular complexity index is 627. The molecule has 1 saturated heterocycles. The summed E-state index contributed by atoms with van der Waals surface area (Å²) >= 11 is 0. The summed E-state index contributed by atoms with van der Waals surface area (Å²) in [4.78, 5) is 22.6. The zero-order valence-electron chi connectivity index (χ0n) is 12.2. The number of carbonyl (C=O) groups excluding carboxylic acids is 1. The minimum Gasteiger partial charge on any atom is -0.378 e. The van der Waals surface area contributed by atoms with Crippen molar-refractivity contribution in [1.82, 2.24) is 14.9 Å². The molecule has 0 aromatic carbocycles. The molecule has 0 atom stereocenters. The van der Waals surface area contributed by atoms with Crippen LogP contribution in [0.4, 0.5) is 5.69 Å². The molecule has 6 nitrogen and oxygen atoms in total. The van der Waals surface area contributed by atoms with E-state index in [1.54, 1.807) is 23.5 Å². The fourth-order valence-corrected chi connectivity index (χ4v) is 2.30. The van der Waals surface area contributed by atoms with Crippen molar-refractivity contribution in [2.45, 2.75) is 6.54 Å². The first-order valence-corrected chi connectivity index (χ1v) is 7.29. The maximum absolute atomic E-state index is 12.4. The summed E-state index contributed by atoms with van der Waals surface area (Å²) in [6, 6.07) is 7.60. The SMILES string of the molecule is O=C(c1cncc(NCc2ccccn2)c1)N1CCOCC1. The highest BCUT2D eigenvalue weighted by molar-refractivity contribution is 5.94. The fraction of sp³-hybridized carbons (Fsp3) is 0.312. The number of carbonyl (C=O) groups is 1. The molecule has 0 unspecified atom stereocenters. The lowest BCUT2D eigenvalue weighted by Crippen LogP contribution is -2.40. The van der Waals surface area contributed by atoms with Crippen LogP contribution in [0, 0.1) is 0 Å². The Morgan fingerprint density at radius 1 is 1.27 bits per heavy atom. The zero-order valence-corrected chi connectivity index (χ0v) is 12.2. The highest BCUT2D eigenvalue weighted by atomic mass is 16.5. The van der Waals surface area contributed by atoms with Crippen LogP contribution in [0.25, 0.3) is 0 Å². The van der Waals surface area contributed by atoms with Crippen LogP contribution in [0.2, 0.25) is 0 Å². The molecule has 2 aromatic heterocycles. The number of rotatable bonds is 4. The molecule has 6 heteroatoms. The molecule has 3 rings (SSSR count). The molecule has 0 bridgehead atoms. The van der Waals surface area contributed by atoms with E-state index in [0.717, 1.165) is 11.4 Å². The number of aromatic nitrogens is 2. The van der Waals surface area contributed by atoms with Crippen molar-refractivity contribution in [2.75, 3.05) is 31.6 Å². The summed E-state index contributed by atoms with van der Waals surface area (Å²) in [6.45, 7) is 3.04. The molecule has 0 spiro atoms. The van der Waals surface area contributed by atoms with Gasteiger partial charge in [-0.25, -0.2) is 0 Å². The van der Waals surface area contributed by atoms with Crippen molar-refractivity contribution in [3.8, 4) is 0 Å². The van der Waals surface area contributed by atoms with E-state index in [-0.39, 0.29) is 5.91 Å². The van der Waals surface area contributed by atoms with Crippen LogP contribution in [0.15, 0.2) is 42.9 Å². The first-order chi connectivity index (χ1) is 10.8. The van der Waals surface area contributed by atoms with Gasteiger partial charge in [-0.1, -0.05) is 6.07 Å². The third kappa shape index (κ3) is 3.59. The van der Waals surface area contributed by atoms with Gasteiger partial charge in [0.15, 0.2) is 0 Å². The Labute approximate surface area is 129 Å². The summed E-state index contributed by atoms with van der Waals surface area (Å²) in [5.74, 6) is -0.00251. The molecule has 2 aromatic rings. The number of ether oxygens (including phenoxy) is 1. The number of amides is 1. The van der Waals surface area contributed by atoms with Gasteiger partial charge < -0.3 is 15.0 Å². The number of morpholine rings is 1. The third-order valence-corrected chi connectivity index (χ3v) is 3.48. The summed E-state index contributed by atoms with van der Waals surface area (Å²) in [7, 11) is 0. The first-order valence-electron chi connectivity index (χ1n) is 7.29. The van der Waals surface area contributed by atoms with E-state index in [1.807, 2.05) is 24.3 Å². The predicted molar refractivity (Wildman–Crippen MR) is 82.5 cm³/mol. The van der Waals surface area contributed by atoms with E-state index in [0.29, 0.717) is 38.4 Å². The Kier molecular flexibility index (Phi) is 4.60. The molecular formula is C16H18N4O2. The molecule has 1 fully saturated rings. The molecule has 22 heavy (non-hydrogen) atoms. The van der Waals surface area contributed by atoms with Crippen LogP contribution in [0.3, 0.4) is 0 Å². The minimum absolute atomic E-state index is 0.00251. The van der Waals surface area contributed by atoms with Crippen molar-refractivity contribution < 1.29 is 9.53 Å². The molecule has 1 aliphatic heterocycles. The van der Waals surface area contributed by atoms with E-state index in [9.17, 15) is 4.79 Å². The Morgan fingerprint density at radius 3 is 2.91 bits per heavy atom. The maximum Gasteiger partial charge on any atom is 0.255 e. The standard InChI is InChI=1S/C16H18N4O2/c21-16(20-5-7-22-8-6-20)13-9-15(11-17-10-13)19-12-14-3-1-2-4-18-14/h1-4,9-11,19H,5-8,12H2. The highest BCUT2D eigenvalue weighted by Gasteiger charge is 2.18. The fourth-order valence-electron chi connectivity index (χ4n) is 2.30. The number of nitrogens with zero attached hydrogens (tertiary/aromatic N) is 3. The monoisotopic (exact) mass is 298 g/mol. The average molecular weight is 298 g/mol. The van der Waals surface area contributed by atoms with Gasteiger partial charge >= 0.3 is 0 Å². The van der Waals surface area contributed by atoms with Crippen LogP contribution in [-0.2, 0) is 11.3 Å². The van der Waals surface area contributed by atoms with Gasteiger partial charge in [0.1, 0.15) is 0 Å².